The molecule has 0 radical (unpaired) electrons. The molecule has 3 aromatic rings. The van der Waals surface area contributed by atoms with Crippen LogP contribution in [0.25, 0.3) is 0 Å². The summed E-state index contributed by atoms with van der Waals surface area (Å²) in [6, 6.07) is 12.5. The van der Waals surface area contributed by atoms with Gasteiger partial charge in [-0.3, -0.25) is 9.69 Å². The summed E-state index contributed by atoms with van der Waals surface area (Å²) in [7, 11) is 0. The van der Waals surface area contributed by atoms with Crippen molar-refractivity contribution in [2.24, 2.45) is 0 Å². The minimum Gasteiger partial charge on any atom is -0.379 e. The third-order valence-electron chi connectivity index (χ3n) is 6.52. The summed E-state index contributed by atoms with van der Waals surface area (Å²) < 4.78 is 18.9. The van der Waals surface area contributed by atoms with E-state index in [-0.39, 0.29) is 18.3 Å². The van der Waals surface area contributed by atoms with Crippen LogP contribution in [0.2, 0.25) is 10.0 Å². The van der Waals surface area contributed by atoms with Gasteiger partial charge >= 0.3 is 6.03 Å². The fourth-order valence-electron chi connectivity index (χ4n) is 4.16. The zero-order chi connectivity index (χ0) is 27.8. The molecule has 1 aliphatic heterocycles. The molecular formula is C28H31Cl2FN4O3S. The predicted molar refractivity (Wildman–Crippen MR) is 154 cm³/mol. The number of benzene rings is 2. The van der Waals surface area contributed by atoms with Crippen LogP contribution in [0.3, 0.4) is 0 Å². The van der Waals surface area contributed by atoms with Crippen molar-refractivity contribution in [3.63, 3.8) is 0 Å². The van der Waals surface area contributed by atoms with Gasteiger partial charge in [0.2, 0.25) is 5.91 Å². The van der Waals surface area contributed by atoms with E-state index in [2.05, 4.69) is 10.2 Å². The molecule has 1 saturated heterocycles. The minimum absolute atomic E-state index is 0.122. The van der Waals surface area contributed by atoms with Crippen molar-refractivity contribution in [2.75, 3.05) is 51.3 Å². The first-order chi connectivity index (χ1) is 18.8. The third-order valence-corrected chi connectivity index (χ3v) is 8.26. The highest BCUT2D eigenvalue weighted by atomic mass is 35.5. The first-order valence-electron chi connectivity index (χ1n) is 12.6. The van der Waals surface area contributed by atoms with Crippen molar-refractivity contribution in [3.05, 3.63) is 85.8 Å². The van der Waals surface area contributed by atoms with Crippen molar-refractivity contribution in [3.8, 4) is 0 Å². The van der Waals surface area contributed by atoms with Crippen LogP contribution in [0, 0.1) is 12.7 Å². The van der Waals surface area contributed by atoms with Gasteiger partial charge in [-0.2, -0.15) is 0 Å². The lowest BCUT2D eigenvalue weighted by molar-refractivity contribution is -0.133. The maximum Gasteiger partial charge on any atom is 0.322 e. The number of nitrogens with one attached hydrogen (secondary N) is 1. The predicted octanol–water partition coefficient (Wildman–Crippen LogP) is 5.90. The molecule has 1 aromatic heterocycles. The molecule has 0 unspecified atom stereocenters. The zero-order valence-corrected chi connectivity index (χ0v) is 24.0. The molecule has 11 heteroatoms. The van der Waals surface area contributed by atoms with Crippen LogP contribution in [-0.4, -0.2) is 72.6 Å². The number of amides is 3. The Labute approximate surface area is 242 Å². The van der Waals surface area contributed by atoms with E-state index < -0.39 is 6.03 Å². The van der Waals surface area contributed by atoms with E-state index in [0.29, 0.717) is 55.1 Å². The molecule has 1 fully saturated rings. The number of morpholine rings is 1. The second-order valence-electron chi connectivity index (χ2n) is 9.34. The van der Waals surface area contributed by atoms with Gasteiger partial charge in [0, 0.05) is 43.3 Å². The Balaban J connectivity index is 1.52. The average Bonchev–Trinajstić information content (AvgIpc) is 3.34. The SMILES string of the molecule is Cc1ccsc1CN(Cc1ccc(F)cc1)C(=O)CN(CCN1CCOCC1)C(=O)Nc1ccc(Cl)c(Cl)c1. The van der Waals surface area contributed by atoms with E-state index >= 15 is 0 Å². The van der Waals surface area contributed by atoms with E-state index in [1.807, 2.05) is 18.4 Å². The molecular weight excluding hydrogens is 562 g/mol. The summed E-state index contributed by atoms with van der Waals surface area (Å²) in [5, 5.41) is 5.54. The lowest BCUT2D eigenvalue weighted by Crippen LogP contribution is -2.48. The van der Waals surface area contributed by atoms with Gasteiger partial charge in [0.25, 0.3) is 0 Å². The van der Waals surface area contributed by atoms with Crippen molar-refractivity contribution >= 4 is 52.2 Å². The van der Waals surface area contributed by atoms with Gasteiger partial charge in [0.05, 0.1) is 29.8 Å². The molecule has 0 aliphatic carbocycles. The summed E-state index contributed by atoms with van der Waals surface area (Å²) in [4.78, 5) is 33.6. The lowest BCUT2D eigenvalue weighted by atomic mass is 10.2. The average molecular weight is 594 g/mol. The van der Waals surface area contributed by atoms with Crippen LogP contribution >= 0.6 is 34.5 Å². The Hall–Kier alpha value is -2.69. The maximum atomic E-state index is 13.7. The Morgan fingerprint density at radius 2 is 1.77 bits per heavy atom. The molecule has 3 amide bonds. The van der Waals surface area contributed by atoms with Crippen LogP contribution in [0.1, 0.15) is 16.0 Å². The van der Waals surface area contributed by atoms with Crippen molar-refractivity contribution < 1.29 is 18.7 Å². The highest BCUT2D eigenvalue weighted by Gasteiger charge is 2.24. The fraction of sp³-hybridized carbons (Fsp3) is 0.357. The van der Waals surface area contributed by atoms with E-state index in [1.54, 1.807) is 46.6 Å². The van der Waals surface area contributed by atoms with Crippen LogP contribution in [-0.2, 0) is 22.6 Å². The molecule has 7 nitrogen and oxygen atoms in total. The Morgan fingerprint density at radius 3 is 2.44 bits per heavy atom. The molecule has 0 saturated carbocycles. The summed E-state index contributed by atoms with van der Waals surface area (Å²) in [6.07, 6.45) is 0. The Kier molecular flexibility index (Phi) is 10.6. The normalized spacial score (nSPS) is 13.7. The highest BCUT2D eigenvalue weighted by molar-refractivity contribution is 7.10. The number of carbonyl (C=O) groups is 2. The van der Waals surface area contributed by atoms with Gasteiger partial charge < -0.3 is 19.9 Å². The lowest BCUT2D eigenvalue weighted by Gasteiger charge is -2.31. The number of halogens is 3. The van der Waals surface area contributed by atoms with Gasteiger partial charge in [0.15, 0.2) is 0 Å². The molecule has 4 rings (SSSR count). The van der Waals surface area contributed by atoms with Crippen molar-refractivity contribution in [1.29, 1.82) is 0 Å². The van der Waals surface area contributed by atoms with Crippen LogP contribution in [0.15, 0.2) is 53.9 Å². The number of anilines is 1. The van der Waals surface area contributed by atoms with Crippen molar-refractivity contribution in [1.82, 2.24) is 14.7 Å². The molecule has 0 spiro atoms. The molecule has 1 aliphatic rings. The molecule has 208 valence electrons. The zero-order valence-electron chi connectivity index (χ0n) is 21.7. The topological polar surface area (TPSA) is 65.1 Å². The van der Waals surface area contributed by atoms with Gasteiger partial charge in [-0.25, -0.2) is 9.18 Å². The quantitative estimate of drug-likeness (QED) is 0.318. The monoisotopic (exact) mass is 592 g/mol. The number of urea groups is 1. The van der Waals surface area contributed by atoms with Crippen LogP contribution in [0.4, 0.5) is 14.9 Å². The van der Waals surface area contributed by atoms with Gasteiger partial charge in [-0.05, 0) is 59.8 Å². The molecule has 2 heterocycles. The highest BCUT2D eigenvalue weighted by Crippen LogP contribution is 2.25. The van der Waals surface area contributed by atoms with E-state index in [0.717, 1.165) is 29.1 Å². The van der Waals surface area contributed by atoms with E-state index in [9.17, 15) is 14.0 Å². The minimum atomic E-state index is -0.413. The fourth-order valence-corrected chi connectivity index (χ4v) is 5.38. The molecule has 0 atom stereocenters. The van der Waals surface area contributed by atoms with Crippen molar-refractivity contribution in [2.45, 2.75) is 20.0 Å². The first kappa shape index (κ1) is 29.3. The second kappa shape index (κ2) is 14.1. The maximum absolute atomic E-state index is 13.7. The van der Waals surface area contributed by atoms with E-state index in [4.69, 9.17) is 27.9 Å². The van der Waals surface area contributed by atoms with Crippen LogP contribution < -0.4 is 5.32 Å². The number of carbonyl (C=O) groups excluding carboxylic acids is 2. The van der Waals surface area contributed by atoms with Gasteiger partial charge in [0.1, 0.15) is 12.4 Å². The smallest absolute Gasteiger partial charge is 0.322 e. The molecule has 2 aromatic carbocycles. The standard InChI is InChI=1S/C28H31Cl2FN4O3S/c1-20-8-15-39-26(20)18-35(17-21-2-4-22(31)5-3-21)27(36)19-34(10-9-33-11-13-38-14-12-33)28(37)32-23-6-7-24(29)25(30)16-23/h2-8,15-16H,9-14,17-19H2,1H3,(H,32,37). The number of nitrogens with zero attached hydrogens (tertiary/aromatic N) is 3. The number of thiophene rings is 1. The number of hydrogen-bond donors (Lipinski definition) is 1. The first-order valence-corrected chi connectivity index (χ1v) is 14.3. The summed E-state index contributed by atoms with van der Waals surface area (Å²) >= 11 is 13.7. The van der Waals surface area contributed by atoms with Gasteiger partial charge in [-0.15, -0.1) is 11.3 Å². The Bertz CT molecular complexity index is 1270. The Morgan fingerprint density at radius 1 is 1.03 bits per heavy atom. The summed E-state index contributed by atoms with van der Waals surface area (Å²) in [5.41, 5.74) is 2.38. The number of aryl methyl sites for hydroxylation is 1. The largest absolute Gasteiger partial charge is 0.379 e. The second-order valence-corrected chi connectivity index (χ2v) is 11.2. The third kappa shape index (κ3) is 8.65. The number of hydrogen-bond acceptors (Lipinski definition) is 5. The molecule has 1 N–H and O–H groups in total. The van der Waals surface area contributed by atoms with Gasteiger partial charge in [-0.1, -0.05) is 35.3 Å². The summed E-state index contributed by atoms with van der Waals surface area (Å²) in [5.74, 6) is -0.544. The summed E-state index contributed by atoms with van der Waals surface area (Å²) in [6.45, 7) is 6.34. The molecule has 39 heavy (non-hydrogen) atoms. The van der Waals surface area contributed by atoms with Crippen LogP contribution in [0.5, 0.6) is 0 Å². The number of rotatable bonds is 10. The molecule has 0 bridgehead atoms. The van der Waals surface area contributed by atoms with E-state index in [1.165, 1.54) is 17.0 Å². The number of ether oxygens (including phenoxy) is 1.